The van der Waals surface area contributed by atoms with Crippen LogP contribution < -0.4 is 0 Å². The van der Waals surface area contributed by atoms with Crippen molar-refractivity contribution in [2.24, 2.45) is 0 Å². The van der Waals surface area contributed by atoms with E-state index in [-0.39, 0.29) is 5.75 Å². The molecule has 68 valence electrons. The van der Waals surface area contributed by atoms with Crippen molar-refractivity contribution >= 4 is 11.1 Å². The fourth-order valence-corrected chi connectivity index (χ4v) is 0.802. The molecule has 1 atom stereocenters. The van der Waals surface area contributed by atoms with Crippen LogP contribution >= 0.6 is 0 Å². The minimum atomic E-state index is -1.72. The van der Waals surface area contributed by atoms with Crippen LogP contribution in [-0.2, 0) is 11.1 Å². The minimum absolute atomic E-state index is 0.183. The molecule has 1 unspecified atom stereocenters. The normalized spacial score (nSPS) is 14.2. The Hall–Kier alpha value is -0.670. The highest BCUT2D eigenvalue weighted by atomic mass is 32.2. The smallest absolute Gasteiger partial charge is 0.156 e. The quantitative estimate of drug-likeness (QED) is 0.528. The third-order valence-electron chi connectivity index (χ3n) is 1.27. The highest BCUT2D eigenvalue weighted by Gasteiger charge is 1.83. The van der Waals surface area contributed by atoms with Crippen LogP contribution in [-0.4, -0.2) is 14.5 Å². The molecule has 0 aromatic carbocycles. The summed E-state index contributed by atoms with van der Waals surface area (Å²) in [7, 11) is 0. The summed E-state index contributed by atoms with van der Waals surface area (Å²) in [6.07, 6.45) is 8.02. The first kappa shape index (κ1) is 11.3. The molecule has 0 aliphatic rings. The lowest BCUT2D eigenvalue weighted by Gasteiger charge is -1.87. The van der Waals surface area contributed by atoms with E-state index in [0.717, 1.165) is 12.0 Å². The predicted octanol–water partition coefficient (Wildman–Crippen LogP) is 2.29. The van der Waals surface area contributed by atoms with Gasteiger partial charge >= 0.3 is 0 Å². The van der Waals surface area contributed by atoms with E-state index in [4.69, 9.17) is 4.55 Å². The van der Waals surface area contributed by atoms with Crippen molar-refractivity contribution in [1.82, 2.24) is 0 Å². The molecule has 2 nitrogen and oxygen atoms in total. The van der Waals surface area contributed by atoms with Crippen LogP contribution in [0.1, 0.15) is 13.3 Å². The average Bonchev–Trinajstić information content (AvgIpc) is 2.03. The lowest BCUT2D eigenvalue weighted by molar-refractivity contribution is 0.567. The van der Waals surface area contributed by atoms with Crippen molar-refractivity contribution < 1.29 is 8.76 Å². The lowest BCUT2D eigenvalue weighted by Crippen LogP contribution is -1.88. The van der Waals surface area contributed by atoms with Gasteiger partial charge in [-0.1, -0.05) is 43.4 Å². The van der Waals surface area contributed by atoms with E-state index in [1.165, 1.54) is 0 Å². The summed E-state index contributed by atoms with van der Waals surface area (Å²) in [5.74, 6) is 0.183. The van der Waals surface area contributed by atoms with Gasteiger partial charge in [0.05, 0.1) is 5.75 Å². The van der Waals surface area contributed by atoms with Gasteiger partial charge in [-0.05, 0) is 6.42 Å². The third-order valence-corrected chi connectivity index (χ3v) is 1.75. The summed E-state index contributed by atoms with van der Waals surface area (Å²) in [4.78, 5) is 0. The summed E-state index contributed by atoms with van der Waals surface area (Å²) < 4.78 is 18.6. The Morgan fingerprint density at radius 1 is 1.58 bits per heavy atom. The fourth-order valence-electron chi connectivity index (χ4n) is 0.526. The molecule has 0 aromatic rings. The van der Waals surface area contributed by atoms with E-state index in [2.05, 4.69) is 6.58 Å². The molecule has 0 radical (unpaired) electrons. The van der Waals surface area contributed by atoms with Gasteiger partial charge < -0.3 is 4.55 Å². The fraction of sp³-hybridized carbons (Fsp3) is 0.333. The molecule has 0 rings (SSSR count). The maximum Gasteiger partial charge on any atom is 0.156 e. The second kappa shape index (κ2) is 7.00. The maximum absolute atomic E-state index is 10.2. The van der Waals surface area contributed by atoms with Gasteiger partial charge in [0.15, 0.2) is 11.1 Å². The van der Waals surface area contributed by atoms with Crippen molar-refractivity contribution in [2.45, 2.75) is 13.3 Å². The molecule has 1 N–H and O–H groups in total. The predicted molar refractivity (Wildman–Crippen MR) is 53.3 cm³/mol. The van der Waals surface area contributed by atoms with Crippen LogP contribution in [0.2, 0.25) is 0 Å². The maximum atomic E-state index is 10.2. The molecule has 0 saturated heterocycles. The van der Waals surface area contributed by atoms with Gasteiger partial charge in [0.1, 0.15) is 0 Å². The van der Waals surface area contributed by atoms with Gasteiger partial charge in [0, 0.05) is 0 Å². The Bertz CT molecular complexity index is 217. The molecule has 12 heavy (non-hydrogen) atoms. The summed E-state index contributed by atoms with van der Waals surface area (Å²) >= 11 is -1.72. The Kier molecular flexibility index (Phi) is 6.61. The molecule has 0 heterocycles. The molecular formula is C9H14O2S. The molecule has 0 aliphatic heterocycles. The lowest BCUT2D eigenvalue weighted by atomic mass is 10.2. The Morgan fingerprint density at radius 2 is 2.25 bits per heavy atom. The molecule has 0 spiro atoms. The molecule has 0 aliphatic carbocycles. The number of hydrogen-bond donors (Lipinski definition) is 1. The minimum Gasteiger partial charge on any atom is -0.306 e. The number of allylic oxidation sites excluding steroid dienone is 4. The van der Waals surface area contributed by atoms with Crippen LogP contribution in [0.4, 0.5) is 0 Å². The highest BCUT2D eigenvalue weighted by molar-refractivity contribution is 7.79. The Labute approximate surface area is 76.0 Å². The molecule has 3 heteroatoms. The number of rotatable bonds is 5. The van der Waals surface area contributed by atoms with Gasteiger partial charge in [-0.25, -0.2) is 4.21 Å². The number of hydrogen-bond acceptors (Lipinski definition) is 1. The standard InChI is InChI=1S/C9H14O2S/c1-3-9(2)7-5-4-6-8-12(10)11/h4-7H,2-3,8H2,1H3,(H,10,11)/b6-4-,7-5-. The van der Waals surface area contributed by atoms with E-state index >= 15 is 0 Å². The summed E-state index contributed by atoms with van der Waals surface area (Å²) in [6.45, 7) is 5.80. The molecular weight excluding hydrogens is 172 g/mol. The van der Waals surface area contributed by atoms with E-state index in [1.54, 1.807) is 12.2 Å². The zero-order chi connectivity index (χ0) is 9.40. The van der Waals surface area contributed by atoms with E-state index < -0.39 is 11.1 Å². The van der Waals surface area contributed by atoms with Crippen molar-refractivity contribution in [3.05, 3.63) is 36.5 Å². The molecule has 0 saturated carbocycles. The second-order valence-electron chi connectivity index (χ2n) is 2.29. The van der Waals surface area contributed by atoms with Gasteiger partial charge in [-0.2, -0.15) is 0 Å². The highest BCUT2D eigenvalue weighted by Crippen LogP contribution is 1.97. The average molecular weight is 186 g/mol. The topological polar surface area (TPSA) is 37.3 Å². The second-order valence-corrected chi connectivity index (χ2v) is 3.26. The SMILES string of the molecule is C=C(/C=C\C=C/CS(=O)O)CC. The summed E-state index contributed by atoms with van der Waals surface area (Å²) in [5, 5.41) is 0. The van der Waals surface area contributed by atoms with E-state index in [0.29, 0.717) is 0 Å². The first-order chi connectivity index (χ1) is 5.66. The largest absolute Gasteiger partial charge is 0.306 e. The van der Waals surface area contributed by atoms with Gasteiger partial charge in [0.25, 0.3) is 0 Å². The van der Waals surface area contributed by atoms with Crippen LogP contribution in [0.15, 0.2) is 36.5 Å². The van der Waals surface area contributed by atoms with Crippen molar-refractivity contribution in [3.8, 4) is 0 Å². The van der Waals surface area contributed by atoms with Gasteiger partial charge in [-0.15, -0.1) is 0 Å². The van der Waals surface area contributed by atoms with Crippen LogP contribution in [0.5, 0.6) is 0 Å². The molecule has 0 bridgehead atoms. The van der Waals surface area contributed by atoms with Crippen molar-refractivity contribution in [3.63, 3.8) is 0 Å². The van der Waals surface area contributed by atoms with E-state index in [9.17, 15) is 4.21 Å². The zero-order valence-electron chi connectivity index (χ0n) is 7.19. The van der Waals surface area contributed by atoms with Crippen LogP contribution in [0.25, 0.3) is 0 Å². The third kappa shape index (κ3) is 7.44. The van der Waals surface area contributed by atoms with Crippen LogP contribution in [0.3, 0.4) is 0 Å². The molecule has 0 aromatic heterocycles. The first-order valence-corrected chi connectivity index (χ1v) is 5.02. The Balaban J connectivity index is 3.66. The summed E-state index contributed by atoms with van der Waals surface area (Å²) in [6, 6.07) is 0. The van der Waals surface area contributed by atoms with Crippen molar-refractivity contribution in [2.75, 3.05) is 5.75 Å². The Morgan fingerprint density at radius 3 is 2.75 bits per heavy atom. The summed E-state index contributed by atoms with van der Waals surface area (Å²) in [5.41, 5.74) is 1.05. The zero-order valence-corrected chi connectivity index (χ0v) is 8.01. The molecule has 0 amide bonds. The molecule has 0 fully saturated rings. The van der Waals surface area contributed by atoms with Crippen molar-refractivity contribution in [1.29, 1.82) is 0 Å². The monoisotopic (exact) mass is 186 g/mol. The van der Waals surface area contributed by atoms with Gasteiger partial charge in [0.2, 0.25) is 0 Å². The van der Waals surface area contributed by atoms with E-state index in [1.807, 2.05) is 19.1 Å². The van der Waals surface area contributed by atoms with Crippen LogP contribution in [0, 0.1) is 0 Å². The first-order valence-electron chi connectivity index (χ1n) is 3.75. The van der Waals surface area contributed by atoms with Gasteiger partial charge in [-0.3, -0.25) is 0 Å².